The fourth-order valence-corrected chi connectivity index (χ4v) is 1.88. The Labute approximate surface area is 112 Å². The molecule has 0 radical (unpaired) electrons. The van der Waals surface area contributed by atoms with E-state index < -0.39 is 17.7 Å². The molecule has 0 fully saturated rings. The van der Waals surface area contributed by atoms with Crippen LogP contribution in [-0.4, -0.2) is 23.9 Å². The first-order valence-corrected chi connectivity index (χ1v) is 6.25. The van der Waals surface area contributed by atoms with Gasteiger partial charge < -0.3 is 10.6 Å². The Kier molecular flexibility index (Phi) is 5.42. The lowest BCUT2D eigenvalue weighted by molar-refractivity contribution is -0.132. The molecule has 0 aliphatic heterocycles. The lowest BCUT2D eigenvalue weighted by Gasteiger charge is -2.22. The summed E-state index contributed by atoms with van der Waals surface area (Å²) in [4.78, 5) is 13.4. The number of carbonyl (C=O) groups is 1. The van der Waals surface area contributed by atoms with Gasteiger partial charge in [0.05, 0.1) is 6.04 Å². The number of hydrogen-bond acceptors (Lipinski definition) is 2. The number of carbonyl (C=O) groups excluding carboxylic acids is 1. The smallest absolute Gasteiger partial charge is 0.239 e. The molecule has 1 unspecified atom stereocenters. The molecule has 0 aliphatic rings. The summed E-state index contributed by atoms with van der Waals surface area (Å²) in [5.74, 6) is -1.67. The van der Waals surface area contributed by atoms with E-state index >= 15 is 0 Å². The van der Waals surface area contributed by atoms with Crippen LogP contribution in [0.15, 0.2) is 18.2 Å². The van der Waals surface area contributed by atoms with Crippen molar-refractivity contribution in [2.24, 2.45) is 11.7 Å². The quantitative estimate of drug-likeness (QED) is 0.892. The minimum absolute atomic E-state index is 0.196. The molecule has 1 amide bonds. The van der Waals surface area contributed by atoms with Gasteiger partial charge in [-0.25, -0.2) is 8.78 Å². The molecule has 1 aromatic carbocycles. The van der Waals surface area contributed by atoms with Crippen LogP contribution in [-0.2, 0) is 11.3 Å². The molecule has 0 spiro atoms. The van der Waals surface area contributed by atoms with E-state index in [-0.39, 0.29) is 12.5 Å². The van der Waals surface area contributed by atoms with E-state index in [0.717, 1.165) is 12.1 Å². The van der Waals surface area contributed by atoms with Gasteiger partial charge in [0.25, 0.3) is 0 Å². The Hall–Kier alpha value is -1.49. The van der Waals surface area contributed by atoms with Crippen LogP contribution in [0.4, 0.5) is 8.78 Å². The predicted molar refractivity (Wildman–Crippen MR) is 70.3 cm³/mol. The molecule has 2 N–H and O–H groups in total. The van der Waals surface area contributed by atoms with Gasteiger partial charge in [0.2, 0.25) is 5.91 Å². The molecule has 1 atom stereocenters. The van der Waals surface area contributed by atoms with E-state index in [9.17, 15) is 13.6 Å². The SMILES string of the molecule is CC(C)CC(N)C(=O)N(C)Cc1ccc(F)c(F)c1. The maximum atomic E-state index is 13.1. The van der Waals surface area contributed by atoms with Crippen molar-refractivity contribution >= 4 is 5.91 Å². The van der Waals surface area contributed by atoms with E-state index in [2.05, 4.69) is 0 Å². The fraction of sp³-hybridized carbons (Fsp3) is 0.500. The number of nitrogens with zero attached hydrogens (tertiary/aromatic N) is 1. The first kappa shape index (κ1) is 15.6. The molecule has 0 bridgehead atoms. The Bertz CT molecular complexity index is 449. The van der Waals surface area contributed by atoms with Gasteiger partial charge in [-0.2, -0.15) is 0 Å². The topological polar surface area (TPSA) is 46.3 Å². The number of hydrogen-bond donors (Lipinski definition) is 1. The summed E-state index contributed by atoms with van der Waals surface area (Å²) in [6, 6.07) is 3.04. The van der Waals surface area contributed by atoms with Crippen LogP contribution in [0.2, 0.25) is 0 Å². The highest BCUT2D eigenvalue weighted by atomic mass is 19.2. The Morgan fingerprint density at radius 1 is 1.32 bits per heavy atom. The first-order valence-electron chi connectivity index (χ1n) is 6.25. The third kappa shape index (κ3) is 4.59. The lowest BCUT2D eigenvalue weighted by Crippen LogP contribution is -2.42. The number of rotatable bonds is 5. The number of amides is 1. The zero-order valence-electron chi connectivity index (χ0n) is 11.5. The van der Waals surface area contributed by atoms with Gasteiger partial charge in [-0.15, -0.1) is 0 Å². The van der Waals surface area contributed by atoms with Crippen LogP contribution < -0.4 is 5.73 Å². The number of nitrogens with two attached hydrogens (primary N) is 1. The van der Waals surface area contributed by atoms with Crippen molar-refractivity contribution in [1.82, 2.24) is 4.90 Å². The zero-order valence-corrected chi connectivity index (χ0v) is 11.5. The van der Waals surface area contributed by atoms with Crippen LogP contribution in [0.1, 0.15) is 25.8 Å². The average molecular weight is 270 g/mol. The van der Waals surface area contributed by atoms with Crippen molar-refractivity contribution in [3.05, 3.63) is 35.4 Å². The summed E-state index contributed by atoms with van der Waals surface area (Å²) in [6.45, 7) is 4.19. The van der Waals surface area contributed by atoms with Crippen molar-refractivity contribution in [1.29, 1.82) is 0 Å². The largest absolute Gasteiger partial charge is 0.340 e. The molecule has 1 aromatic rings. The minimum atomic E-state index is -0.912. The van der Waals surface area contributed by atoms with Crippen LogP contribution in [0.25, 0.3) is 0 Å². The van der Waals surface area contributed by atoms with Crippen LogP contribution in [0.3, 0.4) is 0 Å². The normalized spacial score (nSPS) is 12.6. The zero-order chi connectivity index (χ0) is 14.6. The highest BCUT2D eigenvalue weighted by Crippen LogP contribution is 2.12. The van der Waals surface area contributed by atoms with Crippen molar-refractivity contribution in [3.63, 3.8) is 0 Å². The second kappa shape index (κ2) is 6.61. The number of likely N-dealkylation sites (N-methyl/N-ethyl adjacent to an activating group) is 1. The van der Waals surface area contributed by atoms with E-state index in [1.165, 1.54) is 11.0 Å². The van der Waals surface area contributed by atoms with Gasteiger partial charge in [0, 0.05) is 13.6 Å². The maximum absolute atomic E-state index is 13.1. The van der Waals surface area contributed by atoms with Gasteiger partial charge in [-0.3, -0.25) is 4.79 Å². The number of halogens is 2. The van der Waals surface area contributed by atoms with Crippen molar-refractivity contribution in [3.8, 4) is 0 Å². The molecule has 3 nitrogen and oxygen atoms in total. The van der Waals surface area contributed by atoms with Crippen LogP contribution >= 0.6 is 0 Å². The summed E-state index contributed by atoms with van der Waals surface area (Å²) in [6.07, 6.45) is 0.598. The van der Waals surface area contributed by atoms with E-state index in [0.29, 0.717) is 17.9 Å². The van der Waals surface area contributed by atoms with Crippen molar-refractivity contribution in [2.45, 2.75) is 32.9 Å². The highest BCUT2D eigenvalue weighted by molar-refractivity contribution is 5.81. The van der Waals surface area contributed by atoms with Gasteiger partial charge >= 0.3 is 0 Å². The molecule has 0 saturated carbocycles. The summed E-state index contributed by atoms with van der Waals surface area (Å²) in [7, 11) is 1.60. The maximum Gasteiger partial charge on any atom is 0.239 e. The van der Waals surface area contributed by atoms with Gasteiger partial charge in [-0.1, -0.05) is 19.9 Å². The Morgan fingerprint density at radius 3 is 2.47 bits per heavy atom. The third-order valence-electron chi connectivity index (χ3n) is 2.82. The molecule has 0 heterocycles. The third-order valence-corrected chi connectivity index (χ3v) is 2.82. The molecule has 1 rings (SSSR count). The summed E-state index contributed by atoms with van der Waals surface area (Å²) in [5.41, 5.74) is 6.34. The minimum Gasteiger partial charge on any atom is -0.340 e. The average Bonchev–Trinajstić information content (AvgIpc) is 2.32. The molecule has 0 aromatic heterocycles. The molecular weight excluding hydrogens is 250 g/mol. The van der Waals surface area contributed by atoms with Gasteiger partial charge in [0.15, 0.2) is 11.6 Å². The standard InChI is InChI=1S/C14H20F2N2O/c1-9(2)6-13(17)14(19)18(3)8-10-4-5-11(15)12(16)7-10/h4-5,7,9,13H,6,8,17H2,1-3H3. The van der Waals surface area contributed by atoms with E-state index in [1.807, 2.05) is 13.8 Å². The molecule has 19 heavy (non-hydrogen) atoms. The van der Waals surface area contributed by atoms with Gasteiger partial charge in [-0.05, 0) is 30.0 Å². The summed E-state index contributed by atoms with van der Waals surface area (Å²) in [5, 5.41) is 0. The molecule has 106 valence electrons. The molecule has 5 heteroatoms. The van der Waals surface area contributed by atoms with E-state index in [4.69, 9.17) is 5.73 Å². The molecular formula is C14H20F2N2O. The highest BCUT2D eigenvalue weighted by Gasteiger charge is 2.19. The number of benzene rings is 1. The van der Waals surface area contributed by atoms with Crippen LogP contribution in [0, 0.1) is 17.6 Å². The molecule has 0 aliphatic carbocycles. The Balaban J connectivity index is 2.65. The monoisotopic (exact) mass is 270 g/mol. The second-order valence-electron chi connectivity index (χ2n) is 5.18. The van der Waals surface area contributed by atoms with Crippen molar-refractivity contribution in [2.75, 3.05) is 7.05 Å². The fourth-order valence-electron chi connectivity index (χ4n) is 1.88. The Morgan fingerprint density at radius 2 is 1.95 bits per heavy atom. The van der Waals surface area contributed by atoms with Crippen LogP contribution in [0.5, 0.6) is 0 Å². The predicted octanol–water partition coefficient (Wildman–Crippen LogP) is 2.30. The molecule has 0 saturated heterocycles. The first-order chi connectivity index (χ1) is 8.81. The summed E-state index contributed by atoms with van der Waals surface area (Å²) >= 11 is 0. The van der Waals surface area contributed by atoms with Gasteiger partial charge in [0.1, 0.15) is 0 Å². The lowest BCUT2D eigenvalue weighted by atomic mass is 10.0. The summed E-state index contributed by atoms with van der Waals surface area (Å²) < 4.78 is 25.8. The van der Waals surface area contributed by atoms with Crippen molar-refractivity contribution < 1.29 is 13.6 Å². The van der Waals surface area contributed by atoms with E-state index in [1.54, 1.807) is 7.05 Å². The second-order valence-corrected chi connectivity index (χ2v) is 5.18.